The number of rotatable bonds is 9. The first-order valence-corrected chi connectivity index (χ1v) is 8.61. The van der Waals surface area contributed by atoms with Crippen LogP contribution in [0.25, 0.3) is 0 Å². The standard InChI is InChI=1S/C15H23N3O5S/c1-8(2)5-11(15(21)22)16-13(19)7-24-10(4)14(20)17-12-6-9(3)23-18-12/h6,8,10-11H,5,7H2,1-4H3,(H,16,19)(H,21,22)(H,17,18,20)/t10?,11-/m0/s1. The van der Waals surface area contributed by atoms with E-state index in [1.165, 1.54) is 0 Å². The molecule has 134 valence electrons. The number of hydrogen-bond donors (Lipinski definition) is 3. The minimum atomic E-state index is -1.06. The number of anilines is 1. The smallest absolute Gasteiger partial charge is 0.326 e. The number of carbonyl (C=O) groups is 3. The van der Waals surface area contributed by atoms with Gasteiger partial charge in [0, 0.05) is 6.07 Å². The first-order chi connectivity index (χ1) is 11.2. The molecule has 0 aliphatic heterocycles. The summed E-state index contributed by atoms with van der Waals surface area (Å²) in [4.78, 5) is 35.0. The number of nitrogens with one attached hydrogen (secondary N) is 2. The number of carbonyl (C=O) groups excluding carboxylic acids is 2. The van der Waals surface area contributed by atoms with Crippen molar-refractivity contribution in [1.29, 1.82) is 0 Å². The Morgan fingerprint density at radius 2 is 2.00 bits per heavy atom. The van der Waals surface area contributed by atoms with Gasteiger partial charge in [0.2, 0.25) is 11.8 Å². The summed E-state index contributed by atoms with van der Waals surface area (Å²) in [5, 5.41) is 17.3. The quantitative estimate of drug-likeness (QED) is 0.614. The monoisotopic (exact) mass is 357 g/mol. The van der Waals surface area contributed by atoms with E-state index in [-0.39, 0.29) is 17.6 Å². The van der Waals surface area contributed by atoms with Crippen LogP contribution in [0.15, 0.2) is 10.6 Å². The van der Waals surface area contributed by atoms with Crippen LogP contribution in [0, 0.1) is 12.8 Å². The van der Waals surface area contributed by atoms with E-state index in [4.69, 9.17) is 9.63 Å². The molecule has 1 heterocycles. The maximum absolute atomic E-state index is 12.0. The molecule has 24 heavy (non-hydrogen) atoms. The Kier molecular flexibility index (Phi) is 7.76. The highest BCUT2D eigenvalue weighted by Crippen LogP contribution is 2.14. The lowest BCUT2D eigenvalue weighted by Gasteiger charge is -2.17. The minimum Gasteiger partial charge on any atom is -0.480 e. The fraction of sp³-hybridized carbons (Fsp3) is 0.600. The molecule has 0 spiro atoms. The van der Waals surface area contributed by atoms with Gasteiger partial charge in [-0.05, 0) is 26.2 Å². The lowest BCUT2D eigenvalue weighted by atomic mass is 10.0. The molecule has 0 radical (unpaired) electrons. The van der Waals surface area contributed by atoms with E-state index in [1.807, 2.05) is 13.8 Å². The second-order valence-corrected chi connectivity index (χ2v) is 7.18. The number of nitrogens with zero attached hydrogens (tertiary/aromatic N) is 1. The summed E-state index contributed by atoms with van der Waals surface area (Å²) in [6.07, 6.45) is 0.354. The number of hydrogen-bond acceptors (Lipinski definition) is 6. The molecule has 0 saturated carbocycles. The van der Waals surface area contributed by atoms with Crippen LogP contribution in [0.1, 0.15) is 33.0 Å². The predicted molar refractivity (Wildman–Crippen MR) is 90.8 cm³/mol. The summed E-state index contributed by atoms with van der Waals surface area (Å²) in [5.74, 6) is -0.743. The van der Waals surface area contributed by atoms with Gasteiger partial charge in [-0.2, -0.15) is 0 Å². The number of thioether (sulfide) groups is 1. The van der Waals surface area contributed by atoms with E-state index >= 15 is 0 Å². The SMILES string of the molecule is Cc1cc(NC(=O)C(C)SCC(=O)N[C@@H](CC(C)C)C(=O)O)no1. The Balaban J connectivity index is 2.41. The van der Waals surface area contributed by atoms with E-state index in [9.17, 15) is 14.4 Å². The molecule has 9 heteroatoms. The summed E-state index contributed by atoms with van der Waals surface area (Å²) in [6.45, 7) is 7.13. The molecule has 1 aromatic rings. The molecule has 0 aliphatic rings. The van der Waals surface area contributed by atoms with Crippen molar-refractivity contribution in [3.8, 4) is 0 Å². The van der Waals surface area contributed by atoms with Gasteiger partial charge in [0.05, 0.1) is 11.0 Å². The van der Waals surface area contributed by atoms with Crippen LogP contribution >= 0.6 is 11.8 Å². The number of aromatic nitrogens is 1. The highest BCUT2D eigenvalue weighted by molar-refractivity contribution is 8.01. The van der Waals surface area contributed by atoms with Crippen LogP contribution < -0.4 is 10.6 Å². The van der Waals surface area contributed by atoms with Crippen molar-refractivity contribution < 1.29 is 24.0 Å². The average molecular weight is 357 g/mol. The zero-order valence-electron chi connectivity index (χ0n) is 14.2. The van der Waals surface area contributed by atoms with Gasteiger partial charge in [-0.15, -0.1) is 11.8 Å². The maximum atomic E-state index is 12.0. The molecule has 0 bridgehead atoms. The minimum absolute atomic E-state index is 0.00565. The van der Waals surface area contributed by atoms with Crippen LogP contribution in [0.3, 0.4) is 0 Å². The molecule has 0 fully saturated rings. The number of amides is 2. The Morgan fingerprint density at radius 1 is 1.33 bits per heavy atom. The van der Waals surface area contributed by atoms with Crippen LogP contribution in [0.2, 0.25) is 0 Å². The van der Waals surface area contributed by atoms with Crippen LogP contribution in [-0.4, -0.2) is 45.1 Å². The van der Waals surface area contributed by atoms with Crippen LogP contribution in [0.4, 0.5) is 5.82 Å². The van der Waals surface area contributed by atoms with E-state index < -0.39 is 23.2 Å². The molecule has 1 aromatic heterocycles. The van der Waals surface area contributed by atoms with Gasteiger partial charge in [-0.25, -0.2) is 4.79 Å². The molecule has 0 saturated heterocycles. The molecular weight excluding hydrogens is 334 g/mol. The van der Waals surface area contributed by atoms with Crippen molar-refractivity contribution in [3.63, 3.8) is 0 Å². The zero-order valence-corrected chi connectivity index (χ0v) is 15.0. The van der Waals surface area contributed by atoms with Gasteiger partial charge in [-0.1, -0.05) is 19.0 Å². The normalized spacial score (nSPS) is 13.4. The third-order valence-corrected chi connectivity index (χ3v) is 4.20. The van der Waals surface area contributed by atoms with E-state index in [0.29, 0.717) is 18.0 Å². The number of aliphatic carboxylic acids is 1. The van der Waals surface area contributed by atoms with Crippen LogP contribution in [-0.2, 0) is 14.4 Å². The van der Waals surface area contributed by atoms with Crippen molar-refractivity contribution in [1.82, 2.24) is 10.5 Å². The lowest BCUT2D eigenvalue weighted by molar-refractivity contribution is -0.141. The van der Waals surface area contributed by atoms with Crippen molar-refractivity contribution in [3.05, 3.63) is 11.8 Å². The third-order valence-electron chi connectivity index (χ3n) is 3.05. The first kappa shape index (κ1) is 20.0. The fourth-order valence-corrected chi connectivity index (χ4v) is 2.55. The second-order valence-electron chi connectivity index (χ2n) is 5.85. The van der Waals surface area contributed by atoms with Gasteiger partial charge >= 0.3 is 5.97 Å². The average Bonchev–Trinajstić information content (AvgIpc) is 2.88. The highest BCUT2D eigenvalue weighted by atomic mass is 32.2. The second kappa shape index (κ2) is 9.31. The molecule has 1 unspecified atom stereocenters. The Bertz CT molecular complexity index is 587. The van der Waals surface area contributed by atoms with E-state index in [0.717, 1.165) is 11.8 Å². The number of carboxylic acid groups (broad SMARTS) is 1. The third kappa shape index (κ3) is 7.03. The van der Waals surface area contributed by atoms with E-state index in [1.54, 1.807) is 19.9 Å². The Hall–Kier alpha value is -2.03. The molecule has 2 atom stereocenters. The van der Waals surface area contributed by atoms with Gasteiger partial charge in [-0.3, -0.25) is 9.59 Å². The molecule has 3 N–H and O–H groups in total. The van der Waals surface area contributed by atoms with Gasteiger partial charge in [0.25, 0.3) is 0 Å². The Labute approximate surface area is 144 Å². The maximum Gasteiger partial charge on any atom is 0.326 e. The van der Waals surface area contributed by atoms with Crippen molar-refractivity contribution >= 4 is 35.4 Å². The number of aryl methyl sites for hydroxylation is 1. The Morgan fingerprint density at radius 3 is 2.50 bits per heavy atom. The number of carboxylic acids is 1. The summed E-state index contributed by atoms with van der Waals surface area (Å²) >= 11 is 1.12. The van der Waals surface area contributed by atoms with Crippen molar-refractivity contribution in [2.75, 3.05) is 11.1 Å². The van der Waals surface area contributed by atoms with Gasteiger partial charge in [0.1, 0.15) is 11.8 Å². The zero-order chi connectivity index (χ0) is 18.3. The van der Waals surface area contributed by atoms with Crippen molar-refractivity contribution in [2.24, 2.45) is 5.92 Å². The molecule has 1 rings (SSSR count). The largest absolute Gasteiger partial charge is 0.480 e. The van der Waals surface area contributed by atoms with E-state index in [2.05, 4.69) is 15.8 Å². The molecule has 8 nitrogen and oxygen atoms in total. The highest BCUT2D eigenvalue weighted by Gasteiger charge is 2.22. The first-order valence-electron chi connectivity index (χ1n) is 7.57. The summed E-state index contributed by atoms with van der Waals surface area (Å²) in [7, 11) is 0. The molecule has 0 aliphatic carbocycles. The fourth-order valence-electron chi connectivity index (χ4n) is 1.86. The molecular formula is C15H23N3O5S. The lowest BCUT2D eigenvalue weighted by Crippen LogP contribution is -2.42. The predicted octanol–water partition coefficient (Wildman–Crippen LogP) is 1.66. The van der Waals surface area contributed by atoms with Crippen molar-refractivity contribution in [2.45, 2.75) is 45.4 Å². The van der Waals surface area contributed by atoms with Gasteiger partial charge < -0.3 is 20.3 Å². The molecule has 2 amide bonds. The molecule has 0 aromatic carbocycles. The summed E-state index contributed by atoms with van der Waals surface area (Å²) < 4.78 is 4.85. The summed E-state index contributed by atoms with van der Waals surface area (Å²) in [6, 6.07) is 0.672. The topological polar surface area (TPSA) is 122 Å². The summed E-state index contributed by atoms with van der Waals surface area (Å²) in [5.41, 5.74) is 0. The van der Waals surface area contributed by atoms with Gasteiger partial charge in [0.15, 0.2) is 5.82 Å². The van der Waals surface area contributed by atoms with Crippen LogP contribution in [0.5, 0.6) is 0 Å².